The molecule has 2 heterocycles. The number of ether oxygens (including phenoxy) is 1. The van der Waals surface area contributed by atoms with Gasteiger partial charge in [-0.05, 0) is 6.42 Å². The van der Waals surface area contributed by atoms with Crippen LogP contribution >= 0.6 is 0 Å². The lowest BCUT2D eigenvalue weighted by Crippen LogP contribution is -2.49. The fourth-order valence-electron chi connectivity index (χ4n) is 3.80. The Bertz CT molecular complexity index is 1000. The number of carbonyl (C=O) groups is 2. The van der Waals surface area contributed by atoms with Crippen molar-refractivity contribution >= 4 is 11.7 Å². The summed E-state index contributed by atoms with van der Waals surface area (Å²) in [6.07, 6.45) is 3.62. The highest BCUT2D eigenvalue weighted by Crippen LogP contribution is 2.21. The summed E-state index contributed by atoms with van der Waals surface area (Å²) in [6, 6.07) is 18.8. The normalized spacial score (nSPS) is 16.3. The maximum atomic E-state index is 12.9. The van der Waals surface area contributed by atoms with E-state index in [4.69, 9.17) is 9.15 Å². The van der Waals surface area contributed by atoms with Crippen LogP contribution in [0.2, 0.25) is 0 Å². The molecule has 1 atom stereocenters. The third-order valence-electron chi connectivity index (χ3n) is 5.46. The molecule has 0 spiro atoms. The monoisotopic (exact) mass is 418 g/mol. The molecular formula is C25H26N2O4. The summed E-state index contributed by atoms with van der Waals surface area (Å²) in [5.74, 6) is 1.44. The van der Waals surface area contributed by atoms with Crippen molar-refractivity contribution in [3.63, 3.8) is 0 Å². The van der Waals surface area contributed by atoms with Gasteiger partial charge >= 0.3 is 0 Å². The second-order valence-corrected chi connectivity index (χ2v) is 7.65. The van der Waals surface area contributed by atoms with Crippen molar-refractivity contribution in [3.05, 3.63) is 78.3 Å². The van der Waals surface area contributed by atoms with Crippen molar-refractivity contribution in [1.29, 1.82) is 0 Å². The summed E-state index contributed by atoms with van der Waals surface area (Å²) in [6.45, 7) is 1.41. The number of oxazole rings is 1. The summed E-state index contributed by atoms with van der Waals surface area (Å²) in [4.78, 5) is 31.6. The van der Waals surface area contributed by atoms with Crippen LogP contribution in [0.25, 0.3) is 11.3 Å². The van der Waals surface area contributed by atoms with Gasteiger partial charge in [0.25, 0.3) is 0 Å². The quantitative estimate of drug-likeness (QED) is 0.514. The van der Waals surface area contributed by atoms with Crippen LogP contribution in [0.1, 0.15) is 35.5 Å². The van der Waals surface area contributed by atoms with E-state index in [0.717, 1.165) is 11.3 Å². The lowest BCUT2D eigenvalue weighted by molar-refractivity contribution is -0.139. The van der Waals surface area contributed by atoms with Gasteiger partial charge in [0.1, 0.15) is 0 Å². The molecule has 3 aromatic rings. The van der Waals surface area contributed by atoms with Gasteiger partial charge in [0, 0.05) is 36.9 Å². The Morgan fingerprint density at radius 1 is 1.03 bits per heavy atom. The SMILES string of the molecule is O=C(C[C@H]1COCCN1C(=O)CCCc1ncc(-c2ccccc2)o1)c1ccccc1. The first kappa shape index (κ1) is 21.0. The number of carbonyl (C=O) groups excluding carboxylic acids is 2. The number of ketones is 1. The Kier molecular flexibility index (Phi) is 6.89. The van der Waals surface area contributed by atoms with E-state index in [2.05, 4.69) is 4.98 Å². The lowest BCUT2D eigenvalue weighted by atomic mass is 10.0. The Labute approximate surface area is 181 Å². The molecule has 4 rings (SSSR count). The summed E-state index contributed by atoms with van der Waals surface area (Å²) in [7, 11) is 0. The van der Waals surface area contributed by atoms with Crippen LogP contribution in [0.3, 0.4) is 0 Å². The summed E-state index contributed by atoms with van der Waals surface area (Å²) < 4.78 is 11.4. The van der Waals surface area contributed by atoms with Crippen LogP contribution in [0, 0.1) is 0 Å². The average molecular weight is 418 g/mol. The van der Waals surface area contributed by atoms with Gasteiger partial charge in [-0.2, -0.15) is 0 Å². The van der Waals surface area contributed by atoms with Gasteiger partial charge in [0.05, 0.1) is 25.5 Å². The van der Waals surface area contributed by atoms with Crippen molar-refractivity contribution in [3.8, 4) is 11.3 Å². The largest absolute Gasteiger partial charge is 0.441 e. The molecule has 1 aliphatic heterocycles. The highest BCUT2D eigenvalue weighted by molar-refractivity contribution is 5.96. The predicted molar refractivity (Wildman–Crippen MR) is 117 cm³/mol. The Balaban J connectivity index is 1.30. The van der Waals surface area contributed by atoms with Gasteiger partial charge in [-0.15, -0.1) is 0 Å². The van der Waals surface area contributed by atoms with Crippen molar-refractivity contribution in [1.82, 2.24) is 9.88 Å². The van der Waals surface area contributed by atoms with E-state index < -0.39 is 0 Å². The van der Waals surface area contributed by atoms with Gasteiger partial charge in [-0.1, -0.05) is 60.7 Å². The summed E-state index contributed by atoms with van der Waals surface area (Å²) in [5, 5.41) is 0. The Hall–Kier alpha value is -3.25. The standard InChI is InChI=1S/C25H26N2O4/c28-22(19-8-3-1-4-9-19)16-21-18-30-15-14-27(21)25(29)13-7-12-24-26-17-23(31-24)20-10-5-2-6-11-20/h1-6,8-11,17,21H,7,12-16,18H2/t21-/m0/s1. The third kappa shape index (κ3) is 5.47. The number of hydrogen-bond donors (Lipinski definition) is 0. The van der Waals surface area contributed by atoms with E-state index in [0.29, 0.717) is 50.5 Å². The van der Waals surface area contributed by atoms with Crippen molar-refractivity contribution in [2.45, 2.75) is 31.7 Å². The fraction of sp³-hybridized carbons (Fsp3) is 0.320. The van der Waals surface area contributed by atoms with Gasteiger partial charge in [-0.3, -0.25) is 9.59 Å². The first-order valence-corrected chi connectivity index (χ1v) is 10.7. The Morgan fingerprint density at radius 2 is 1.77 bits per heavy atom. The summed E-state index contributed by atoms with van der Waals surface area (Å²) >= 11 is 0. The number of nitrogens with zero attached hydrogens (tertiary/aromatic N) is 2. The van der Waals surface area contributed by atoms with Gasteiger partial charge in [0.15, 0.2) is 17.4 Å². The van der Waals surface area contributed by atoms with E-state index in [-0.39, 0.29) is 24.2 Å². The molecule has 1 saturated heterocycles. The molecule has 0 aliphatic carbocycles. The van der Waals surface area contributed by atoms with Crippen LogP contribution in [-0.2, 0) is 16.0 Å². The van der Waals surface area contributed by atoms with Gasteiger partial charge < -0.3 is 14.1 Å². The topological polar surface area (TPSA) is 72.6 Å². The number of Topliss-reactive ketones (excluding diaryl/α,β-unsaturated/α-hetero) is 1. The number of morpholine rings is 1. The third-order valence-corrected chi connectivity index (χ3v) is 5.46. The predicted octanol–water partition coefficient (Wildman–Crippen LogP) is 4.16. The molecule has 6 nitrogen and oxygen atoms in total. The first-order chi connectivity index (χ1) is 15.2. The van der Waals surface area contributed by atoms with E-state index in [1.165, 1.54) is 0 Å². The molecule has 1 aliphatic rings. The molecule has 2 aromatic carbocycles. The second kappa shape index (κ2) is 10.2. The summed E-state index contributed by atoms with van der Waals surface area (Å²) in [5.41, 5.74) is 1.65. The zero-order valence-corrected chi connectivity index (χ0v) is 17.4. The van der Waals surface area contributed by atoms with Crippen molar-refractivity contribution in [2.24, 2.45) is 0 Å². The molecule has 1 aromatic heterocycles. The molecule has 0 N–H and O–H groups in total. The number of rotatable bonds is 8. The van der Waals surface area contributed by atoms with E-state index in [1.807, 2.05) is 48.5 Å². The number of aryl methyl sites for hydroxylation is 1. The molecule has 31 heavy (non-hydrogen) atoms. The van der Waals surface area contributed by atoms with E-state index >= 15 is 0 Å². The smallest absolute Gasteiger partial charge is 0.223 e. The second-order valence-electron chi connectivity index (χ2n) is 7.65. The van der Waals surface area contributed by atoms with Crippen LogP contribution in [0.5, 0.6) is 0 Å². The molecule has 0 bridgehead atoms. The van der Waals surface area contributed by atoms with Crippen molar-refractivity contribution in [2.75, 3.05) is 19.8 Å². The minimum absolute atomic E-state index is 0.0297. The lowest BCUT2D eigenvalue weighted by Gasteiger charge is -2.35. The maximum Gasteiger partial charge on any atom is 0.223 e. The fourth-order valence-corrected chi connectivity index (χ4v) is 3.80. The van der Waals surface area contributed by atoms with E-state index in [9.17, 15) is 9.59 Å². The molecule has 0 saturated carbocycles. The zero-order valence-electron chi connectivity index (χ0n) is 17.4. The van der Waals surface area contributed by atoms with E-state index in [1.54, 1.807) is 23.2 Å². The molecule has 6 heteroatoms. The average Bonchev–Trinajstić information content (AvgIpc) is 3.29. The molecular weight excluding hydrogens is 392 g/mol. The molecule has 1 fully saturated rings. The maximum absolute atomic E-state index is 12.9. The first-order valence-electron chi connectivity index (χ1n) is 10.7. The number of aromatic nitrogens is 1. The van der Waals surface area contributed by atoms with Gasteiger partial charge in [0.2, 0.25) is 5.91 Å². The van der Waals surface area contributed by atoms with Crippen LogP contribution in [0.15, 0.2) is 71.3 Å². The molecule has 1 amide bonds. The van der Waals surface area contributed by atoms with Crippen LogP contribution in [-0.4, -0.2) is 47.4 Å². The number of benzene rings is 2. The minimum Gasteiger partial charge on any atom is -0.441 e. The van der Waals surface area contributed by atoms with Crippen molar-refractivity contribution < 1.29 is 18.7 Å². The molecule has 160 valence electrons. The highest BCUT2D eigenvalue weighted by atomic mass is 16.5. The number of amides is 1. The van der Waals surface area contributed by atoms with Crippen LogP contribution in [0.4, 0.5) is 0 Å². The minimum atomic E-state index is -0.222. The van der Waals surface area contributed by atoms with Gasteiger partial charge in [-0.25, -0.2) is 4.98 Å². The highest BCUT2D eigenvalue weighted by Gasteiger charge is 2.29. The molecule has 0 unspecified atom stereocenters. The van der Waals surface area contributed by atoms with Crippen LogP contribution < -0.4 is 0 Å². The Morgan fingerprint density at radius 3 is 2.55 bits per heavy atom. The zero-order chi connectivity index (χ0) is 21.5. The molecule has 0 radical (unpaired) electrons. The number of hydrogen-bond acceptors (Lipinski definition) is 5.